The molecule has 0 spiro atoms. The monoisotopic (exact) mass is 341 g/mol. The van der Waals surface area contributed by atoms with E-state index in [1.165, 1.54) is 0 Å². The molecule has 6 heteroatoms. The third kappa shape index (κ3) is 4.00. The number of aromatic nitrogens is 2. The Labute approximate surface area is 144 Å². The van der Waals surface area contributed by atoms with Crippen LogP contribution in [0.3, 0.4) is 0 Å². The number of para-hydroxylation sites is 1. The molecule has 1 N–H and O–H groups in total. The van der Waals surface area contributed by atoms with Gasteiger partial charge in [0.15, 0.2) is 0 Å². The van der Waals surface area contributed by atoms with Crippen LogP contribution in [0.2, 0.25) is 5.02 Å². The summed E-state index contributed by atoms with van der Waals surface area (Å²) in [6, 6.07) is 14.9. The molecule has 3 rings (SSSR count). The molecule has 1 heterocycles. The van der Waals surface area contributed by atoms with Crippen molar-refractivity contribution in [3.63, 3.8) is 0 Å². The first-order chi connectivity index (χ1) is 11.6. The topological polar surface area (TPSA) is 68.0 Å². The first-order valence-electron chi connectivity index (χ1n) is 7.55. The summed E-state index contributed by atoms with van der Waals surface area (Å²) < 4.78 is 5.62. The SMILES string of the molecule is Cc1cccc(-c2nnc(CCC(=O)Nc3ccccc3Cl)o2)c1. The minimum atomic E-state index is -0.154. The smallest absolute Gasteiger partial charge is 0.247 e. The van der Waals surface area contributed by atoms with Crippen LogP contribution in [0.25, 0.3) is 11.5 Å². The van der Waals surface area contributed by atoms with Crippen molar-refractivity contribution >= 4 is 23.2 Å². The first kappa shape index (κ1) is 16.2. The fraction of sp³-hybridized carbons (Fsp3) is 0.167. The van der Waals surface area contributed by atoms with E-state index in [1.54, 1.807) is 12.1 Å². The van der Waals surface area contributed by atoms with Gasteiger partial charge in [0.25, 0.3) is 0 Å². The Morgan fingerprint density at radius 3 is 2.79 bits per heavy atom. The number of halogens is 1. The molecule has 0 aliphatic heterocycles. The molecule has 0 fully saturated rings. The lowest BCUT2D eigenvalue weighted by molar-refractivity contribution is -0.116. The van der Waals surface area contributed by atoms with E-state index < -0.39 is 0 Å². The van der Waals surface area contributed by atoms with E-state index in [-0.39, 0.29) is 12.3 Å². The van der Waals surface area contributed by atoms with Crippen molar-refractivity contribution in [1.82, 2.24) is 10.2 Å². The number of aryl methyl sites for hydroxylation is 2. The molecule has 0 saturated heterocycles. The second kappa shape index (κ2) is 7.27. The van der Waals surface area contributed by atoms with Gasteiger partial charge in [-0.2, -0.15) is 0 Å². The van der Waals surface area contributed by atoms with Crippen LogP contribution >= 0.6 is 11.6 Å². The van der Waals surface area contributed by atoms with Gasteiger partial charge in [0, 0.05) is 18.4 Å². The lowest BCUT2D eigenvalue weighted by Gasteiger charge is -2.05. The number of amides is 1. The summed E-state index contributed by atoms with van der Waals surface area (Å²) >= 11 is 6.01. The third-order valence-electron chi connectivity index (χ3n) is 3.45. The molecule has 0 saturated carbocycles. The zero-order valence-electron chi connectivity index (χ0n) is 13.1. The summed E-state index contributed by atoms with van der Waals surface area (Å²) in [6.45, 7) is 2.00. The highest BCUT2D eigenvalue weighted by Crippen LogP contribution is 2.21. The Hall–Kier alpha value is -2.66. The van der Waals surface area contributed by atoms with Crippen LogP contribution in [0.5, 0.6) is 0 Å². The zero-order chi connectivity index (χ0) is 16.9. The van der Waals surface area contributed by atoms with E-state index in [0.29, 0.717) is 28.9 Å². The summed E-state index contributed by atoms with van der Waals surface area (Å²) in [4.78, 5) is 12.0. The van der Waals surface area contributed by atoms with Crippen LogP contribution in [0.4, 0.5) is 5.69 Å². The zero-order valence-corrected chi connectivity index (χ0v) is 13.9. The van der Waals surface area contributed by atoms with E-state index in [0.717, 1.165) is 11.1 Å². The molecule has 122 valence electrons. The number of carbonyl (C=O) groups excluding carboxylic acids is 1. The molecule has 0 unspecified atom stereocenters. The van der Waals surface area contributed by atoms with Crippen molar-refractivity contribution < 1.29 is 9.21 Å². The van der Waals surface area contributed by atoms with Crippen molar-refractivity contribution in [2.75, 3.05) is 5.32 Å². The summed E-state index contributed by atoms with van der Waals surface area (Å²) in [6.07, 6.45) is 0.607. The number of nitrogens with zero attached hydrogens (tertiary/aromatic N) is 2. The van der Waals surface area contributed by atoms with E-state index >= 15 is 0 Å². The number of rotatable bonds is 5. The Bertz CT molecular complexity index is 861. The van der Waals surface area contributed by atoms with Gasteiger partial charge in [0.05, 0.1) is 10.7 Å². The molecule has 3 aromatic rings. The minimum Gasteiger partial charge on any atom is -0.421 e. The molecule has 24 heavy (non-hydrogen) atoms. The number of carbonyl (C=O) groups is 1. The minimum absolute atomic E-state index is 0.154. The van der Waals surface area contributed by atoms with Crippen molar-refractivity contribution in [3.8, 4) is 11.5 Å². The molecular weight excluding hydrogens is 326 g/mol. The fourth-order valence-electron chi connectivity index (χ4n) is 2.25. The molecule has 0 aliphatic rings. The summed E-state index contributed by atoms with van der Waals surface area (Å²) in [5.41, 5.74) is 2.58. The van der Waals surface area contributed by atoms with E-state index in [1.807, 2.05) is 43.3 Å². The molecule has 5 nitrogen and oxygen atoms in total. The number of anilines is 1. The highest BCUT2D eigenvalue weighted by molar-refractivity contribution is 6.33. The highest BCUT2D eigenvalue weighted by atomic mass is 35.5. The average molecular weight is 342 g/mol. The molecule has 1 aromatic heterocycles. The molecule has 0 radical (unpaired) electrons. The fourth-order valence-corrected chi connectivity index (χ4v) is 2.43. The molecular formula is C18H16ClN3O2. The maximum Gasteiger partial charge on any atom is 0.247 e. The van der Waals surface area contributed by atoms with E-state index in [4.69, 9.17) is 16.0 Å². The number of nitrogens with one attached hydrogen (secondary N) is 1. The van der Waals surface area contributed by atoms with Gasteiger partial charge in [-0.3, -0.25) is 4.79 Å². The van der Waals surface area contributed by atoms with Gasteiger partial charge in [-0.15, -0.1) is 10.2 Å². The summed E-state index contributed by atoms with van der Waals surface area (Å²) in [5.74, 6) is 0.736. The molecule has 2 aromatic carbocycles. The molecule has 0 bridgehead atoms. The van der Waals surface area contributed by atoms with E-state index in [9.17, 15) is 4.79 Å². The number of hydrogen-bond donors (Lipinski definition) is 1. The van der Waals surface area contributed by atoms with Crippen LogP contribution in [0.1, 0.15) is 17.9 Å². The van der Waals surface area contributed by atoms with Gasteiger partial charge in [0.2, 0.25) is 17.7 Å². The van der Waals surface area contributed by atoms with E-state index in [2.05, 4.69) is 15.5 Å². The first-order valence-corrected chi connectivity index (χ1v) is 7.93. The predicted octanol–water partition coefficient (Wildman–Crippen LogP) is 4.27. The summed E-state index contributed by atoms with van der Waals surface area (Å²) in [5, 5.41) is 11.3. The van der Waals surface area contributed by atoms with Crippen molar-refractivity contribution in [2.45, 2.75) is 19.8 Å². The second-order valence-corrected chi connectivity index (χ2v) is 5.81. The van der Waals surface area contributed by atoms with Gasteiger partial charge >= 0.3 is 0 Å². The van der Waals surface area contributed by atoms with Crippen LogP contribution in [0, 0.1) is 6.92 Å². The van der Waals surface area contributed by atoms with Gasteiger partial charge in [-0.25, -0.2) is 0 Å². The standard InChI is InChI=1S/C18H16ClN3O2/c1-12-5-4-6-13(11-12)18-22-21-17(24-18)10-9-16(23)20-15-8-3-2-7-14(15)19/h2-8,11H,9-10H2,1H3,(H,20,23). The normalized spacial score (nSPS) is 10.6. The predicted molar refractivity (Wildman–Crippen MR) is 92.9 cm³/mol. The van der Waals surface area contributed by atoms with Crippen molar-refractivity contribution in [1.29, 1.82) is 0 Å². The molecule has 0 aliphatic carbocycles. The average Bonchev–Trinajstić information content (AvgIpc) is 3.04. The Morgan fingerprint density at radius 1 is 1.17 bits per heavy atom. The van der Waals surface area contributed by atoms with Crippen LogP contribution in [-0.4, -0.2) is 16.1 Å². The molecule has 1 amide bonds. The lowest BCUT2D eigenvalue weighted by Crippen LogP contribution is -2.12. The maximum atomic E-state index is 12.0. The number of hydrogen-bond acceptors (Lipinski definition) is 4. The van der Waals surface area contributed by atoms with Crippen LogP contribution in [-0.2, 0) is 11.2 Å². The van der Waals surface area contributed by atoms with Gasteiger partial charge in [0.1, 0.15) is 0 Å². The maximum absolute atomic E-state index is 12.0. The van der Waals surface area contributed by atoms with Crippen LogP contribution in [0.15, 0.2) is 52.9 Å². The van der Waals surface area contributed by atoms with Crippen molar-refractivity contribution in [3.05, 3.63) is 65.0 Å². The van der Waals surface area contributed by atoms with Crippen molar-refractivity contribution in [2.24, 2.45) is 0 Å². The van der Waals surface area contributed by atoms with Gasteiger partial charge < -0.3 is 9.73 Å². The van der Waals surface area contributed by atoms with Gasteiger partial charge in [-0.1, -0.05) is 41.4 Å². The second-order valence-electron chi connectivity index (χ2n) is 5.40. The Balaban J connectivity index is 1.59. The number of benzene rings is 2. The van der Waals surface area contributed by atoms with Gasteiger partial charge in [-0.05, 0) is 31.2 Å². The third-order valence-corrected chi connectivity index (χ3v) is 3.78. The van der Waals surface area contributed by atoms with Crippen LogP contribution < -0.4 is 5.32 Å². The lowest BCUT2D eigenvalue weighted by atomic mass is 10.1. The highest BCUT2D eigenvalue weighted by Gasteiger charge is 2.11. The largest absolute Gasteiger partial charge is 0.421 e. The Kier molecular flexibility index (Phi) is 4.91. The summed E-state index contributed by atoms with van der Waals surface area (Å²) in [7, 11) is 0. The molecule has 0 atom stereocenters. The quantitative estimate of drug-likeness (QED) is 0.752. The Morgan fingerprint density at radius 2 is 2.00 bits per heavy atom.